The Labute approximate surface area is 128 Å². The van der Waals surface area contributed by atoms with E-state index in [0.29, 0.717) is 6.54 Å². The van der Waals surface area contributed by atoms with Crippen molar-refractivity contribution in [3.63, 3.8) is 0 Å². The van der Waals surface area contributed by atoms with E-state index in [9.17, 15) is 0 Å². The monoisotopic (exact) mass is 323 g/mol. The first kappa shape index (κ1) is 20.4. The fourth-order valence-electron chi connectivity index (χ4n) is 1.78. The van der Waals surface area contributed by atoms with Gasteiger partial charge in [0.2, 0.25) is 35.3 Å². The van der Waals surface area contributed by atoms with Gasteiger partial charge in [-0.05, 0) is 9.46 Å². The van der Waals surface area contributed by atoms with E-state index >= 15 is 0 Å². The molecule has 0 aliphatic rings. The molecule has 17 heavy (non-hydrogen) atoms. The Morgan fingerprint density at radius 1 is 0.647 bits per heavy atom. The lowest BCUT2D eigenvalue weighted by molar-refractivity contribution is -0.549. The first-order valence-corrected chi connectivity index (χ1v) is 7.54. The summed E-state index contributed by atoms with van der Waals surface area (Å²) in [5.74, 6) is 0. The van der Waals surface area contributed by atoms with Gasteiger partial charge in [-0.3, -0.25) is 0 Å². The van der Waals surface area contributed by atoms with Crippen LogP contribution in [0.3, 0.4) is 0 Å². The molecule has 0 heterocycles. The molecule has 106 valence electrons. The summed E-state index contributed by atoms with van der Waals surface area (Å²) < 4.78 is -0.461. The van der Waals surface area contributed by atoms with E-state index in [-0.39, 0.29) is 12.4 Å². The minimum absolute atomic E-state index is 0. The van der Waals surface area contributed by atoms with Gasteiger partial charge < -0.3 is 12.4 Å². The Bertz CT molecular complexity index is 148. The summed E-state index contributed by atoms with van der Waals surface area (Å²) in [5.41, 5.74) is 0. The van der Waals surface area contributed by atoms with Crippen LogP contribution in [0.15, 0.2) is 0 Å². The third-order valence-corrected chi connectivity index (χ3v) is 3.27. The van der Waals surface area contributed by atoms with Crippen molar-refractivity contribution in [1.82, 2.24) is 0 Å². The quantitative estimate of drug-likeness (QED) is 0.404. The Hall–Kier alpha value is 1.12. The molecule has 0 saturated carbocycles. The van der Waals surface area contributed by atoms with Crippen LogP contribution in [-0.4, -0.2) is 9.58 Å². The molecule has 0 spiro atoms. The molecule has 0 fully saturated rings. The van der Waals surface area contributed by atoms with Gasteiger partial charge in [-0.15, -0.1) is 0 Å². The van der Waals surface area contributed by atoms with Crippen LogP contribution in [0.5, 0.6) is 0 Å². The van der Waals surface area contributed by atoms with Gasteiger partial charge in [0.25, 0.3) is 0 Å². The molecule has 0 bridgehead atoms. The molecular weight excluding hydrogens is 300 g/mol. The predicted molar refractivity (Wildman–Crippen MR) is 74.5 cm³/mol. The van der Waals surface area contributed by atoms with Gasteiger partial charge in [-0.25, -0.2) is 0 Å². The zero-order valence-electron chi connectivity index (χ0n) is 10.7. The van der Waals surface area contributed by atoms with E-state index < -0.39 is 3.04 Å². The van der Waals surface area contributed by atoms with Crippen molar-refractivity contribution >= 4 is 35.3 Å². The summed E-state index contributed by atoms with van der Waals surface area (Å²) in [5, 5.41) is 0. The zero-order valence-corrected chi connectivity index (χ0v) is 13.8. The number of hydrogen-bond donors (Lipinski definition) is 0. The van der Waals surface area contributed by atoms with Crippen molar-refractivity contribution in [3.05, 3.63) is 0 Å². The predicted octanol–water partition coefficient (Wildman–Crippen LogP) is 3.19. The van der Waals surface area contributed by atoms with E-state index in [0.717, 1.165) is 6.42 Å². The summed E-state index contributed by atoms with van der Waals surface area (Å²) in [4.78, 5) is 0. The molecule has 0 atom stereocenters. The molecule has 0 aliphatic carbocycles. The van der Waals surface area contributed by atoms with Gasteiger partial charge in [-0.2, -0.15) is 0 Å². The van der Waals surface area contributed by atoms with Gasteiger partial charge in [0.1, 0.15) is 6.54 Å². The van der Waals surface area contributed by atoms with Gasteiger partial charge in [-0.1, -0.05) is 58.3 Å². The SMILES string of the molecule is CCCCCCCCCCCC[N+](Cl)(Cl)Cl.[Cl-]. The highest BCUT2D eigenvalue weighted by atomic mass is 35.6. The van der Waals surface area contributed by atoms with Crippen molar-refractivity contribution in [1.29, 1.82) is 0 Å². The van der Waals surface area contributed by atoms with Crippen molar-refractivity contribution in [2.45, 2.75) is 71.1 Å². The lowest BCUT2D eigenvalue weighted by atomic mass is 10.1. The number of halogens is 4. The van der Waals surface area contributed by atoms with Crippen LogP contribution >= 0.6 is 35.3 Å². The second-order valence-corrected chi connectivity index (χ2v) is 6.71. The lowest BCUT2D eigenvalue weighted by Crippen LogP contribution is -3.00. The highest BCUT2D eigenvalue weighted by molar-refractivity contribution is 6.37. The second-order valence-electron chi connectivity index (χ2n) is 4.46. The number of unbranched alkanes of at least 4 members (excludes halogenated alkanes) is 9. The number of quaternary nitrogens is 1. The molecule has 0 aromatic carbocycles. The maximum atomic E-state index is 5.61. The molecule has 0 saturated heterocycles. The molecule has 0 radical (unpaired) electrons. The Kier molecular flexibility index (Phi) is 16.3. The van der Waals surface area contributed by atoms with Crippen molar-refractivity contribution in [2.75, 3.05) is 6.54 Å². The number of nitrogens with zero attached hydrogens (tertiary/aromatic N) is 1. The zero-order chi connectivity index (χ0) is 12.3. The molecule has 1 nitrogen and oxygen atoms in total. The minimum atomic E-state index is -0.461. The van der Waals surface area contributed by atoms with E-state index in [1.54, 1.807) is 0 Å². The van der Waals surface area contributed by atoms with Crippen LogP contribution in [0, 0.1) is 0 Å². The maximum Gasteiger partial charge on any atom is 0.208 e. The van der Waals surface area contributed by atoms with Gasteiger partial charge in [0.05, 0.1) is 0 Å². The first-order valence-electron chi connectivity index (χ1n) is 6.53. The van der Waals surface area contributed by atoms with Gasteiger partial charge in [0.15, 0.2) is 0 Å². The summed E-state index contributed by atoms with van der Waals surface area (Å²) >= 11 is 16.8. The van der Waals surface area contributed by atoms with E-state index in [4.69, 9.17) is 35.3 Å². The van der Waals surface area contributed by atoms with Crippen LogP contribution < -0.4 is 12.4 Å². The molecule has 0 aliphatic heterocycles. The second kappa shape index (κ2) is 13.5. The van der Waals surface area contributed by atoms with Crippen molar-refractivity contribution in [3.8, 4) is 0 Å². The average Bonchev–Trinajstić information content (AvgIpc) is 2.19. The highest BCUT2D eigenvalue weighted by Gasteiger charge is 2.20. The summed E-state index contributed by atoms with van der Waals surface area (Å²) in [6.07, 6.45) is 13.1. The Balaban J connectivity index is 0. The number of rotatable bonds is 11. The van der Waals surface area contributed by atoms with Crippen molar-refractivity contribution < 1.29 is 15.4 Å². The van der Waals surface area contributed by atoms with Crippen LogP contribution in [0.4, 0.5) is 0 Å². The van der Waals surface area contributed by atoms with Crippen molar-refractivity contribution in [2.24, 2.45) is 0 Å². The Morgan fingerprint density at radius 3 is 1.35 bits per heavy atom. The molecule has 0 aromatic rings. The van der Waals surface area contributed by atoms with E-state index in [1.165, 1.54) is 57.8 Å². The van der Waals surface area contributed by atoms with Gasteiger partial charge in [0, 0.05) is 6.42 Å². The lowest BCUT2D eigenvalue weighted by Gasteiger charge is -2.07. The van der Waals surface area contributed by atoms with Crippen LogP contribution in [0.1, 0.15) is 71.1 Å². The molecule has 0 N–H and O–H groups in total. The smallest absolute Gasteiger partial charge is 0.208 e. The van der Waals surface area contributed by atoms with E-state index in [2.05, 4.69) is 6.92 Å². The fraction of sp³-hybridized carbons (Fsp3) is 1.00. The maximum absolute atomic E-state index is 5.61. The first-order chi connectivity index (χ1) is 7.56. The normalized spacial score (nSPS) is 11.3. The summed E-state index contributed by atoms with van der Waals surface area (Å²) in [6.45, 7) is 2.88. The molecule has 0 rings (SSSR count). The highest BCUT2D eigenvalue weighted by Crippen LogP contribution is 2.23. The van der Waals surface area contributed by atoms with Crippen LogP contribution in [0.2, 0.25) is 0 Å². The summed E-state index contributed by atoms with van der Waals surface area (Å²) in [7, 11) is 0. The standard InChI is InChI=1S/C12H25Cl3N.ClH/c1-2-3-4-5-6-7-8-9-10-11-12-16(13,14)15;/h2-12H2,1H3;1H/q+1;/p-1. The largest absolute Gasteiger partial charge is 1.00 e. The Morgan fingerprint density at radius 2 is 1.00 bits per heavy atom. The third-order valence-electron chi connectivity index (χ3n) is 2.77. The minimum Gasteiger partial charge on any atom is -1.00 e. The summed E-state index contributed by atoms with van der Waals surface area (Å²) in [6, 6.07) is 0. The van der Waals surface area contributed by atoms with Crippen LogP contribution in [-0.2, 0) is 0 Å². The topological polar surface area (TPSA) is 0 Å². The van der Waals surface area contributed by atoms with Crippen LogP contribution in [0.25, 0.3) is 0 Å². The molecule has 0 aromatic heterocycles. The molecular formula is C12H25Cl4N. The third kappa shape index (κ3) is 19.6. The van der Waals surface area contributed by atoms with E-state index in [1.807, 2.05) is 0 Å². The number of hydrogen-bond acceptors (Lipinski definition) is 0. The average molecular weight is 325 g/mol. The molecule has 0 unspecified atom stereocenters. The fourth-order valence-corrected chi connectivity index (χ4v) is 2.14. The van der Waals surface area contributed by atoms with Gasteiger partial charge >= 0.3 is 0 Å². The molecule has 0 amide bonds. The molecule has 5 heteroatoms.